The minimum atomic E-state index is -0.214. The fraction of sp³-hybridized carbons (Fsp3) is 0.125. The van der Waals surface area contributed by atoms with Gasteiger partial charge in [0, 0.05) is 23.7 Å². The molecule has 22 heavy (non-hydrogen) atoms. The maximum absolute atomic E-state index is 12.2. The van der Waals surface area contributed by atoms with Crippen molar-refractivity contribution in [2.24, 2.45) is 0 Å². The molecule has 1 amide bonds. The highest BCUT2D eigenvalue weighted by atomic mass is 16.5. The van der Waals surface area contributed by atoms with Crippen LogP contribution in [0.5, 0.6) is 0 Å². The minimum Gasteiger partial charge on any atom is -0.339 e. The van der Waals surface area contributed by atoms with Gasteiger partial charge in [0.15, 0.2) is 0 Å². The Balaban J connectivity index is 1.76. The highest BCUT2D eigenvalue weighted by molar-refractivity contribution is 6.03. The predicted octanol–water partition coefficient (Wildman–Crippen LogP) is 3.00. The molecule has 0 radical (unpaired) electrons. The van der Waals surface area contributed by atoms with Crippen molar-refractivity contribution in [2.75, 3.05) is 5.32 Å². The Morgan fingerprint density at radius 3 is 2.45 bits per heavy atom. The highest BCUT2D eigenvalue weighted by Crippen LogP contribution is 2.17. The maximum atomic E-state index is 12.2. The van der Waals surface area contributed by atoms with Gasteiger partial charge in [-0.25, -0.2) is 4.98 Å². The summed E-state index contributed by atoms with van der Waals surface area (Å²) in [5.74, 6) is 1.32. The fourth-order valence-electron chi connectivity index (χ4n) is 1.99. The van der Waals surface area contributed by atoms with Crippen molar-refractivity contribution in [1.29, 1.82) is 0 Å². The van der Waals surface area contributed by atoms with Gasteiger partial charge in [-0.3, -0.25) is 4.79 Å². The summed E-state index contributed by atoms with van der Waals surface area (Å²) >= 11 is 0. The molecule has 110 valence electrons. The lowest BCUT2D eigenvalue weighted by Crippen LogP contribution is -2.13. The second kappa shape index (κ2) is 5.77. The molecule has 1 N–H and O–H groups in total. The summed E-state index contributed by atoms with van der Waals surface area (Å²) in [6, 6.07) is 12.5. The van der Waals surface area contributed by atoms with Crippen molar-refractivity contribution in [3.8, 4) is 11.4 Å². The number of rotatable bonds is 3. The van der Waals surface area contributed by atoms with E-state index >= 15 is 0 Å². The summed E-state index contributed by atoms with van der Waals surface area (Å²) in [6.07, 6.45) is 0. The number of hydrogen-bond acceptors (Lipinski definition) is 5. The van der Waals surface area contributed by atoms with Crippen LogP contribution in [0.25, 0.3) is 11.4 Å². The molecule has 3 aromatic rings. The average molecular weight is 294 g/mol. The third-order valence-electron chi connectivity index (χ3n) is 3.06. The van der Waals surface area contributed by atoms with Crippen molar-refractivity contribution in [2.45, 2.75) is 13.8 Å². The molecule has 0 fully saturated rings. The number of hydrogen-bond donors (Lipinski definition) is 1. The zero-order chi connectivity index (χ0) is 15.5. The highest BCUT2D eigenvalue weighted by Gasteiger charge is 2.09. The molecule has 0 saturated carbocycles. The van der Waals surface area contributed by atoms with Gasteiger partial charge in [-0.1, -0.05) is 23.4 Å². The second-order valence-corrected chi connectivity index (χ2v) is 4.83. The van der Waals surface area contributed by atoms with Gasteiger partial charge in [0.2, 0.25) is 11.7 Å². The third kappa shape index (κ3) is 3.01. The van der Waals surface area contributed by atoms with Gasteiger partial charge in [0.1, 0.15) is 5.82 Å². The van der Waals surface area contributed by atoms with Crippen LogP contribution >= 0.6 is 0 Å². The van der Waals surface area contributed by atoms with Crippen LogP contribution in [-0.2, 0) is 0 Å². The van der Waals surface area contributed by atoms with Crippen molar-refractivity contribution in [3.63, 3.8) is 0 Å². The van der Waals surface area contributed by atoms with Crippen molar-refractivity contribution in [1.82, 2.24) is 15.1 Å². The lowest BCUT2D eigenvalue weighted by molar-refractivity contribution is 0.102. The molecule has 0 spiro atoms. The maximum Gasteiger partial charge on any atom is 0.256 e. The topological polar surface area (TPSA) is 80.9 Å². The number of aryl methyl sites for hydroxylation is 2. The van der Waals surface area contributed by atoms with Gasteiger partial charge >= 0.3 is 0 Å². The van der Waals surface area contributed by atoms with Crippen LogP contribution in [0, 0.1) is 13.8 Å². The Morgan fingerprint density at radius 1 is 1.05 bits per heavy atom. The predicted molar refractivity (Wildman–Crippen MR) is 81.4 cm³/mol. The summed E-state index contributed by atoms with van der Waals surface area (Å²) in [6.45, 7) is 3.60. The van der Waals surface area contributed by atoms with Gasteiger partial charge in [-0.2, -0.15) is 4.98 Å². The van der Waals surface area contributed by atoms with Crippen LogP contribution in [0.3, 0.4) is 0 Å². The van der Waals surface area contributed by atoms with E-state index in [-0.39, 0.29) is 5.91 Å². The Hall–Kier alpha value is -3.02. The molecular formula is C16H14N4O2. The molecule has 2 aromatic heterocycles. The van der Waals surface area contributed by atoms with Gasteiger partial charge < -0.3 is 9.84 Å². The van der Waals surface area contributed by atoms with E-state index in [1.54, 1.807) is 37.3 Å². The molecule has 2 heterocycles. The van der Waals surface area contributed by atoms with Crippen LogP contribution in [-0.4, -0.2) is 21.0 Å². The molecule has 6 nitrogen and oxygen atoms in total. The summed E-state index contributed by atoms with van der Waals surface area (Å²) < 4.78 is 4.94. The van der Waals surface area contributed by atoms with E-state index in [2.05, 4.69) is 20.4 Å². The molecular weight excluding hydrogens is 280 g/mol. The number of carbonyl (C=O) groups is 1. The monoisotopic (exact) mass is 294 g/mol. The second-order valence-electron chi connectivity index (χ2n) is 4.83. The van der Waals surface area contributed by atoms with E-state index < -0.39 is 0 Å². The van der Waals surface area contributed by atoms with Crippen molar-refractivity contribution < 1.29 is 9.32 Å². The largest absolute Gasteiger partial charge is 0.339 e. The number of benzene rings is 1. The van der Waals surface area contributed by atoms with Gasteiger partial charge in [0.05, 0.1) is 0 Å². The minimum absolute atomic E-state index is 0.214. The van der Waals surface area contributed by atoms with E-state index in [4.69, 9.17) is 4.52 Å². The van der Waals surface area contributed by atoms with Gasteiger partial charge in [-0.15, -0.1) is 0 Å². The Kier molecular flexibility index (Phi) is 3.65. The van der Waals surface area contributed by atoms with Crippen LogP contribution in [0.2, 0.25) is 0 Å². The summed E-state index contributed by atoms with van der Waals surface area (Å²) in [5, 5.41) is 6.60. The Morgan fingerprint density at radius 2 is 1.82 bits per heavy atom. The quantitative estimate of drug-likeness (QED) is 0.803. The van der Waals surface area contributed by atoms with Gasteiger partial charge in [0.25, 0.3) is 5.91 Å². The lowest BCUT2D eigenvalue weighted by Gasteiger charge is -2.05. The van der Waals surface area contributed by atoms with E-state index in [1.165, 1.54) is 0 Å². The molecule has 0 saturated heterocycles. The van der Waals surface area contributed by atoms with Crippen LogP contribution < -0.4 is 5.32 Å². The first kappa shape index (κ1) is 13.9. The zero-order valence-electron chi connectivity index (χ0n) is 12.2. The normalized spacial score (nSPS) is 10.5. The number of amides is 1. The standard InChI is InChI=1S/C16H14N4O2/c1-10-4-3-5-14(17-10)19-16(21)13-8-6-12(7-9-13)15-18-11(2)22-20-15/h3-9H,1-2H3,(H,17,19,21). The van der Waals surface area contributed by atoms with Crippen LogP contribution in [0.15, 0.2) is 47.0 Å². The first-order valence-electron chi connectivity index (χ1n) is 6.77. The fourth-order valence-corrected chi connectivity index (χ4v) is 1.99. The Bertz CT molecular complexity index is 809. The van der Waals surface area contributed by atoms with Crippen molar-refractivity contribution in [3.05, 3.63) is 59.6 Å². The van der Waals surface area contributed by atoms with E-state index in [0.29, 0.717) is 23.1 Å². The van der Waals surface area contributed by atoms with E-state index in [1.807, 2.05) is 19.1 Å². The number of carbonyl (C=O) groups excluding carboxylic acids is 1. The number of pyridine rings is 1. The number of aromatic nitrogens is 3. The van der Waals surface area contributed by atoms with E-state index in [9.17, 15) is 4.79 Å². The van der Waals surface area contributed by atoms with Crippen molar-refractivity contribution >= 4 is 11.7 Å². The molecule has 0 aliphatic carbocycles. The Labute approximate surface area is 127 Å². The number of nitrogens with one attached hydrogen (secondary N) is 1. The van der Waals surface area contributed by atoms with Crippen LogP contribution in [0.1, 0.15) is 21.9 Å². The smallest absolute Gasteiger partial charge is 0.256 e. The first-order chi connectivity index (χ1) is 10.6. The SMILES string of the molecule is Cc1cccc(NC(=O)c2ccc(-c3noc(C)n3)cc2)n1. The van der Waals surface area contributed by atoms with Gasteiger partial charge in [-0.05, 0) is 31.2 Å². The molecule has 6 heteroatoms. The summed E-state index contributed by atoms with van der Waals surface area (Å²) in [7, 11) is 0. The van der Waals surface area contributed by atoms with E-state index in [0.717, 1.165) is 11.3 Å². The zero-order valence-corrected chi connectivity index (χ0v) is 12.2. The molecule has 0 unspecified atom stereocenters. The molecule has 0 bridgehead atoms. The molecule has 0 atom stereocenters. The summed E-state index contributed by atoms with van der Waals surface area (Å²) in [5.41, 5.74) is 2.18. The number of anilines is 1. The lowest BCUT2D eigenvalue weighted by atomic mass is 10.1. The first-order valence-corrected chi connectivity index (χ1v) is 6.77. The molecule has 0 aliphatic heterocycles. The molecule has 3 rings (SSSR count). The third-order valence-corrected chi connectivity index (χ3v) is 3.06. The van der Waals surface area contributed by atoms with Crippen LogP contribution in [0.4, 0.5) is 5.82 Å². The summed E-state index contributed by atoms with van der Waals surface area (Å²) in [4.78, 5) is 20.6. The number of nitrogens with zero attached hydrogens (tertiary/aromatic N) is 3. The average Bonchev–Trinajstić information content (AvgIpc) is 2.94. The molecule has 1 aromatic carbocycles. The molecule has 0 aliphatic rings.